The number of rotatable bonds is 13. The Bertz CT molecular complexity index is 172. The minimum absolute atomic E-state index is 0. The van der Waals surface area contributed by atoms with Crippen LogP contribution in [0.15, 0.2) is 0 Å². The molecule has 3 heteroatoms. The standard InChI is InChI=1S/C15H30O2.H3N/c1-2-3-4-5-6-7-8-9-10-11-12-13-14-15(16)17;/h2-14H2,1H3,(H,16,17);1H3/p+1. The molecule has 18 heavy (non-hydrogen) atoms. The third-order valence-electron chi connectivity index (χ3n) is 3.24. The average molecular weight is 260 g/mol. The van der Waals surface area contributed by atoms with E-state index in [1.165, 1.54) is 64.2 Å². The van der Waals surface area contributed by atoms with Crippen molar-refractivity contribution in [3.8, 4) is 0 Å². The van der Waals surface area contributed by atoms with E-state index in [4.69, 9.17) is 5.11 Å². The Hall–Kier alpha value is -0.570. The number of carboxylic acids is 1. The normalized spacial score (nSPS) is 10.1. The van der Waals surface area contributed by atoms with Crippen LogP contribution in [0.4, 0.5) is 0 Å². The summed E-state index contributed by atoms with van der Waals surface area (Å²) in [6, 6.07) is 0. The molecule has 0 aromatic rings. The molecule has 0 amide bonds. The maximum Gasteiger partial charge on any atom is 0.303 e. The highest BCUT2D eigenvalue weighted by molar-refractivity contribution is 5.66. The Balaban J connectivity index is 0. The summed E-state index contributed by atoms with van der Waals surface area (Å²) >= 11 is 0. The first-order valence-corrected chi connectivity index (χ1v) is 7.49. The van der Waals surface area contributed by atoms with Crippen LogP contribution in [0, 0.1) is 0 Å². The summed E-state index contributed by atoms with van der Waals surface area (Å²) in [4.78, 5) is 10.3. The first-order chi connectivity index (χ1) is 8.27. The summed E-state index contributed by atoms with van der Waals surface area (Å²) in [7, 11) is 0. The Morgan fingerprint density at radius 1 is 0.722 bits per heavy atom. The summed E-state index contributed by atoms with van der Waals surface area (Å²) in [6.45, 7) is 2.25. The maximum absolute atomic E-state index is 10.3. The topological polar surface area (TPSA) is 73.8 Å². The van der Waals surface area contributed by atoms with Gasteiger partial charge in [-0.05, 0) is 6.42 Å². The molecule has 0 heterocycles. The highest BCUT2D eigenvalue weighted by atomic mass is 16.4. The third-order valence-corrected chi connectivity index (χ3v) is 3.24. The lowest BCUT2D eigenvalue weighted by molar-refractivity contribution is -0.137. The van der Waals surface area contributed by atoms with Gasteiger partial charge >= 0.3 is 5.97 Å². The van der Waals surface area contributed by atoms with Gasteiger partial charge in [0.05, 0.1) is 0 Å². The lowest BCUT2D eigenvalue weighted by Gasteiger charge is -2.02. The van der Waals surface area contributed by atoms with Gasteiger partial charge in [-0.1, -0.05) is 77.6 Å². The van der Waals surface area contributed by atoms with Crippen LogP contribution in [0.25, 0.3) is 0 Å². The van der Waals surface area contributed by atoms with E-state index in [0.29, 0.717) is 6.42 Å². The van der Waals surface area contributed by atoms with Gasteiger partial charge in [0.25, 0.3) is 0 Å². The van der Waals surface area contributed by atoms with E-state index in [9.17, 15) is 4.79 Å². The SMILES string of the molecule is CCCCCCCCCCCCCCC(=O)O.[NH4+]. The third kappa shape index (κ3) is 17.8. The summed E-state index contributed by atoms with van der Waals surface area (Å²) in [6.07, 6.45) is 15.8. The van der Waals surface area contributed by atoms with E-state index in [1.54, 1.807) is 0 Å². The molecule has 3 nitrogen and oxygen atoms in total. The molecule has 0 unspecified atom stereocenters. The Labute approximate surface area is 113 Å². The van der Waals surface area contributed by atoms with Gasteiger partial charge in [-0.2, -0.15) is 0 Å². The highest BCUT2D eigenvalue weighted by Crippen LogP contribution is 2.12. The van der Waals surface area contributed by atoms with Crippen LogP contribution >= 0.6 is 0 Å². The summed E-state index contributed by atoms with van der Waals surface area (Å²) in [5.74, 6) is -0.655. The molecule has 0 radical (unpaired) electrons. The van der Waals surface area contributed by atoms with Gasteiger partial charge in [0.15, 0.2) is 0 Å². The van der Waals surface area contributed by atoms with E-state index >= 15 is 0 Å². The molecule has 0 atom stereocenters. The molecular formula is C15H34NO2+. The zero-order chi connectivity index (χ0) is 12.8. The summed E-state index contributed by atoms with van der Waals surface area (Å²) in [5, 5.41) is 8.47. The minimum Gasteiger partial charge on any atom is -0.481 e. The summed E-state index contributed by atoms with van der Waals surface area (Å²) < 4.78 is 0. The molecule has 0 aliphatic carbocycles. The second-order valence-electron chi connectivity index (χ2n) is 5.03. The maximum atomic E-state index is 10.3. The molecule has 0 spiro atoms. The van der Waals surface area contributed by atoms with Crippen LogP contribution in [0.2, 0.25) is 0 Å². The molecule has 0 aromatic carbocycles. The molecular weight excluding hydrogens is 226 g/mol. The molecule has 0 saturated heterocycles. The van der Waals surface area contributed by atoms with E-state index < -0.39 is 5.97 Å². The van der Waals surface area contributed by atoms with Gasteiger partial charge in [0, 0.05) is 6.42 Å². The number of unbranched alkanes of at least 4 members (excludes halogenated alkanes) is 11. The number of carboxylic acid groups (broad SMARTS) is 1. The first kappa shape index (κ1) is 19.8. The number of aliphatic carboxylic acids is 1. The van der Waals surface area contributed by atoms with Crippen LogP contribution < -0.4 is 6.15 Å². The Morgan fingerprint density at radius 3 is 1.39 bits per heavy atom. The fraction of sp³-hybridized carbons (Fsp3) is 0.933. The molecule has 0 bridgehead atoms. The molecule has 0 saturated carbocycles. The molecule has 0 fully saturated rings. The number of hydrogen-bond donors (Lipinski definition) is 2. The largest absolute Gasteiger partial charge is 0.481 e. The lowest BCUT2D eigenvalue weighted by atomic mass is 10.0. The van der Waals surface area contributed by atoms with Crippen molar-refractivity contribution in [2.75, 3.05) is 0 Å². The molecule has 0 aromatic heterocycles. The monoisotopic (exact) mass is 260 g/mol. The molecule has 0 aliphatic rings. The second-order valence-corrected chi connectivity index (χ2v) is 5.03. The first-order valence-electron chi connectivity index (χ1n) is 7.49. The van der Waals surface area contributed by atoms with Crippen LogP contribution in [-0.4, -0.2) is 11.1 Å². The Kier molecular flexibility index (Phi) is 18.0. The fourth-order valence-electron chi connectivity index (χ4n) is 2.12. The zero-order valence-corrected chi connectivity index (χ0v) is 12.5. The number of carbonyl (C=O) groups is 1. The second kappa shape index (κ2) is 16.4. The molecule has 110 valence electrons. The van der Waals surface area contributed by atoms with Crippen molar-refractivity contribution in [3.05, 3.63) is 0 Å². The van der Waals surface area contributed by atoms with E-state index in [0.717, 1.165) is 12.8 Å². The Morgan fingerprint density at radius 2 is 1.06 bits per heavy atom. The molecule has 0 rings (SSSR count). The highest BCUT2D eigenvalue weighted by Gasteiger charge is 1.96. The fourth-order valence-corrected chi connectivity index (χ4v) is 2.12. The van der Waals surface area contributed by atoms with Gasteiger partial charge in [-0.25, -0.2) is 0 Å². The predicted molar refractivity (Wildman–Crippen MR) is 79.3 cm³/mol. The zero-order valence-electron chi connectivity index (χ0n) is 12.5. The predicted octanol–water partition coefficient (Wildman–Crippen LogP) is 5.54. The van der Waals surface area contributed by atoms with Gasteiger partial charge in [-0.15, -0.1) is 0 Å². The van der Waals surface area contributed by atoms with E-state index in [1.807, 2.05) is 0 Å². The van der Waals surface area contributed by atoms with Crippen LogP contribution in [0.1, 0.15) is 90.4 Å². The van der Waals surface area contributed by atoms with Crippen LogP contribution in [-0.2, 0) is 4.79 Å². The van der Waals surface area contributed by atoms with Gasteiger partial charge < -0.3 is 11.3 Å². The molecule has 0 aliphatic heterocycles. The van der Waals surface area contributed by atoms with Crippen molar-refractivity contribution in [2.45, 2.75) is 90.4 Å². The number of quaternary nitrogens is 1. The van der Waals surface area contributed by atoms with Gasteiger partial charge in [-0.3, -0.25) is 4.79 Å². The van der Waals surface area contributed by atoms with Crippen molar-refractivity contribution < 1.29 is 9.90 Å². The smallest absolute Gasteiger partial charge is 0.303 e. The van der Waals surface area contributed by atoms with Gasteiger partial charge in [0.1, 0.15) is 0 Å². The van der Waals surface area contributed by atoms with E-state index in [2.05, 4.69) is 6.92 Å². The van der Waals surface area contributed by atoms with Crippen molar-refractivity contribution in [1.29, 1.82) is 0 Å². The lowest BCUT2D eigenvalue weighted by Crippen LogP contribution is -1.93. The summed E-state index contributed by atoms with van der Waals surface area (Å²) in [5.41, 5.74) is 0. The van der Waals surface area contributed by atoms with Crippen molar-refractivity contribution in [3.63, 3.8) is 0 Å². The van der Waals surface area contributed by atoms with Crippen molar-refractivity contribution >= 4 is 5.97 Å². The van der Waals surface area contributed by atoms with E-state index in [-0.39, 0.29) is 6.15 Å². The van der Waals surface area contributed by atoms with Gasteiger partial charge in [0.2, 0.25) is 0 Å². The van der Waals surface area contributed by atoms with Crippen molar-refractivity contribution in [1.82, 2.24) is 6.15 Å². The quantitative estimate of drug-likeness (QED) is 0.427. The minimum atomic E-state index is -0.655. The van der Waals surface area contributed by atoms with Crippen LogP contribution in [0.3, 0.4) is 0 Å². The van der Waals surface area contributed by atoms with Crippen LogP contribution in [0.5, 0.6) is 0 Å². The van der Waals surface area contributed by atoms with Crippen molar-refractivity contribution in [2.24, 2.45) is 0 Å². The molecule has 5 N–H and O–H groups in total. The average Bonchev–Trinajstić information content (AvgIpc) is 2.30. The number of hydrogen-bond acceptors (Lipinski definition) is 1.